The Morgan fingerprint density at radius 1 is 0.973 bits per heavy atom. The predicted molar refractivity (Wildman–Crippen MR) is 143 cm³/mol. The van der Waals surface area contributed by atoms with E-state index in [2.05, 4.69) is 20.4 Å². The fraction of sp³-hybridized carbons (Fsp3) is 0.0357. The third-order valence-electron chi connectivity index (χ3n) is 5.56. The minimum atomic E-state index is -0.405. The first-order valence-electron chi connectivity index (χ1n) is 11.2. The van der Waals surface area contributed by atoms with Crippen molar-refractivity contribution < 1.29 is 14.3 Å². The smallest absolute Gasteiger partial charge is 0.255 e. The van der Waals surface area contributed by atoms with Crippen molar-refractivity contribution in [3.63, 3.8) is 0 Å². The van der Waals surface area contributed by atoms with Crippen molar-refractivity contribution in [2.24, 2.45) is 0 Å². The molecule has 9 heteroatoms. The highest BCUT2D eigenvalue weighted by Gasteiger charge is 2.14. The Hall–Kier alpha value is -4.82. The third-order valence-corrected chi connectivity index (χ3v) is 5.75. The molecule has 0 aliphatic rings. The SMILES string of the molecule is COc1cc(C(=O)Nc2cccc(C(=O)c3ccc4cnn(C=Cc5ccccn5)c4c3)c2)cc(Cl)n1. The number of benzene rings is 2. The first-order chi connectivity index (χ1) is 18.0. The molecule has 0 saturated heterocycles. The fourth-order valence-corrected chi connectivity index (χ4v) is 3.94. The maximum atomic E-state index is 13.3. The summed E-state index contributed by atoms with van der Waals surface area (Å²) in [6, 6.07) is 20.7. The van der Waals surface area contributed by atoms with Gasteiger partial charge in [0.05, 0.1) is 24.5 Å². The number of carbonyl (C=O) groups excluding carboxylic acids is 2. The molecule has 0 fully saturated rings. The Labute approximate surface area is 217 Å². The topological polar surface area (TPSA) is 99.0 Å². The highest BCUT2D eigenvalue weighted by atomic mass is 35.5. The lowest BCUT2D eigenvalue weighted by Gasteiger charge is -2.09. The summed E-state index contributed by atoms with van der Waals surface area (Å²) in [5.41, 5.74) is 3.25. The predicted octanol–water partition coefficient (Wildman–Crippen LogP) is 5.60. The summed E-state index contributed by atoms with van der Waals surface area (Å²) >= 11 is 5.98. The first-order valence-corrected chi connectivity index (χ1v) is 11.6. The number of methoxy groups -OCH3 is 1. The quantitative estimate of drug-likeness (QED) is 0.226. The van der Waals surface area contributed by atoms with Crippen LogP contribution in [0.15, 0.2) is 85.2 Å². The molecule has 0 radical (unpaired) electrons. The molecule has 0 aliphatic heterocycles. The number of carbonyl (C=O) groups is 2. The van der Waals surface area contributed by atoms with Gasteiger partial charge in [-0.05, 0) is 42.5 Å². The van der Waals surface area contributed by atoms with Crippen LogP contribution in [0.5, 0.6) is 5.88 Å². The van der Waals surface area contributed by atoms with E-state index in [1.165, 1.54) is 19.2 Å². The van der Waals surface area contributed by atoms with E-state index in [1.54, 1.807) is 59.7 Å². The normalized spacial score (nSPS) is 11.1. The minimum absolute atomic E-state index is 0.137. The van der Waals surface area contributed by atoms with Crippen LogP contribution in [-0.2, 0) is 0 Å². The Balaban J connectivity index is 1.38. The molecule has 0 aliphatic carbocycles. The lowest BCUT2D eigenvalue weighted by molar-refractivity contribution is 0.102. The molecule has 5 aromatic rings. The van der Waals surface area contributed by atoms with Crippen molar-refractivity contribution >= 4 is 52.2 Å². The Morgan fingerprint density at radius 3 is 2.65 bits per heavy atom. The number of hydrogen-bond acceptors (Lipinski definition) is 6. The molecule has 1 N–H and O–H groups in total. The molecule has 1 amide bonds. The highest BCUT2D eigenvalue weighted by Crippen LogP contribution is 2.22. The monoisotopic (exact) mass is 509 g/mol. The van der Waals surface area contributed by atoms with Crippen LogP contribution in [0.2, 0.25) is 5.15 Å². The number of rotatable bonds is 7. The summed E-state index contributed by atoms with van der Waals surface area (Å²) in [5, 5.41) is 8.22. The number of hydrogen-bond donors (Lipinski definition) is 1. The molecule has 0 atom stereocenters. The zero-order valence-electron chi connectivity index (χ0n) is 19.6. The van der Waals surface area contributed by atoms with Crippen LogP contribution in [0.25, 0.3) is 23.2 Å². The number of ether oxygens (including phenoxy) is 1. The standard InChI is InChI=1S/C28H20ClN5O3/c1-37-26-16-21(15-25(29)33-26)28(36)32-23-7-4-5-18(13-23)27(35)19-8-9-20-17-31-34(24(20)14-19)12-10-22-6-2-3-11-30-22/h2-17H,1H3,(H,32,36). The molecule has 0 spiro atoms. The van der Waals surface area contributed by atoms with E-state index in [0.29, 0.717) is 16.8 Å². The van der Waals surface area contributed by atoms with E-state index in [1.807, 2.05) is 30.3 Å². The summed E-state index contributed by atoms with van der Waals surface area (Å²) in [6.07, 6.45) is 7.11. The number of ketones is 1. The molecule has 0 saturated carbocycles. The molecule has 0 unspecified atom stereocenters. The summed E-state index contributed by atoms with van der Waals surface area (Å²) in [4.78, 5) is 34.3. The Morgan fingerprint density at radius 2 is 1.84 bits per heavy atom. The molecular formula is C28H20ClN5O3. The maximum Gasteiger partial charge on any atom is 0.255 e. The number of amides is 1. The zero-order valence-corrected chi connectivity index (χ0v) is 20.4. The van der Waals surface area contributed by atoms with E-state index >= 15 is 0 Å². The molecule has 3 aromatic heterocycles. The zero-order chi connectivity index (χ0) is 25.8. The number of fused-ring (bicyclic) bond motifs is 1. The van der Waals surface area contributed by atoms with Gasteiger partial charge in [-0.25, -0.2) is 9.67 Å². The summed E-state index contributed by atoms with van der Waals surface area (Å²) in [5.74, 6) is -0.364. The van der Waals surface area contributed by atoms with Crippen LogP contribution in [-0.4, -0.2) is 38.5 Å². The van der Waals surface area contributed by atoms with Crippen molar-refractivity contribution in [3.8, 4) is 5.88 Å². The maximum absolute atomic E-state index is 13.3. The van der Waals surface area contributed by atoms with Crippen LogP contribution < -0.4 is 10.1 Å². The minimum Gasteiger partial charge on any atom is -0.481 e. The van der Waals surface area contributed by atoms with Gasteiger partial charge in [0, 0.05) is 46.2 Å². The largest absolute Gasteiger partial charge is 0.481 e. The van der Waals surface area contributed by atoms with Crippen LogP contribution in [0.1, 0.15) is 32.0 Å². The van der Waals surface area contributed by atoms with Crippen LogP contribution in [0, 0.1) is 0 Å². The number of aromatic nitrogens is 4. The van der Waals surface area contributed by atoms with Crippen molar-refractivity contribution in [1.82, 2.24) is 19.7 Å². The van der Waals surface area contributed by atoms with Gasteiger partial charge in [-0.1, -0.05) is 41.9 Å². The number of nitrogens with zero attached hydrogens (tertiary/aromatic N) is 4. The van der Waals surface area contributed by atoms with Gasteiger partial charge in [0.2, 0.25) is 5.88 Å². The van der Waals surface area contributed by atoms with E-state index in [0.717, 1.165) is 16.6 Å². The summed E-state index contributed by atoms with van der Waals surface area (Å²) in [6.45, 7) is 0. The van der Waals surface area contributed by atoms with E-state index in [9.17, 15) is 9.59 Å². The van der Waals surface area contributed by atoms with Crippen LogP contribution >= 0.6 is 11.6 Å². The number of halogens is 1. The molecule has 5 rings (SSSR count). The van der Waals surface area contributed by atoms with Crippen molar-refractivity contribution in [2.45, 2.75) is 0 Å². The van der Waals surface area contributed by atoms with E-state index in [4.69, 9.17) is 16.3 Å². The average Bonchev–Trinajstić information content (AvgIpc) is 3.34. The van der Waals surface area contributed by atoms with Crippen LogP contribution in [0.3, 0.4) is 0 Å². The van der Waals surface area contributed by atoms with Gasteiger partial charge >= 0.3 is 0 Å². The fourth-order valence-electron chi connectivity index (χ4n) is 3.74. The summed E-state index contributed by atoms with van der Waals surface area (Å²) < 4.78 is 6.77. The highest BCUT2D eigenvalue weighted by molar-refractivity contribution is 6.30. The molecule has 182 valence electrons. The average molecular weight is 510 g/mol. The van der Waals surface area contributed by atoms with Gasteiger partial charge in [-0.2, -0.15) is 5.10 Å². The molecule has 8 nitrogen and oxygen atoms in total. The molecule has 3 heterocycles. The van der Waals surface area contributed by atoms with Gasteiger partial charge < -0.3 is 10.1 Å². The first kappa shape index (κ1) is 23.9. The Kier molecular flexibility index (Phi) is 6.74. The van der Waals surface area contributed by atoms with Gasteiger partial charge in [-0.3, -0.25) is 14.6 Å². The molecule has 2 aromatic carbocycles. The van der Waals surface area contributed by atoms with Crippen molar-refractivity contribution in [2.75, 3.05) is 12.4 Å². The van der Waals surface area contributed by atoms with Gasteiger partial charge in [0.1, 0.15) is 5.15 Å². The lowest BCUT2D eigenvalue weighted by atomic mass is 10.0. The Bertz CT molecular complexity index is 1650. The lowest BCUT2D eigenvalue weighted by Crippen LogP contribution is -2.13. The molecule has 37 heavy (non-hydrogen) atoms. The summed E-state index contributed by atoms with van der Waals surface area (Å²) in [7, 11) is 1.44. The van der Waals surface area contributed by atoms with Gasteiger partial charge in [0.15, 0.2) is 5.78 Å². The van der Waals surface area contributed by atoms with Gasteiger partial charge in [-0.15, -0.1) is 0 Å². The number of nitrogens with one attached hydrogen (secondary N) is 1. The van der Waals surface area contributed by atoms with E-state index < -0.39 is 5.91 Å². The number of anilines is 1. The second kappa shape index (κ2) is 10.4. The van der Waals surface area contributed by atoms with Crippen LogP contribution in [0.4, 0.5) is 5.69 Å². The second-order valence-electron chi connectivity index (χ2n) is 8.02. The molecular weight excluding hydrogens is 490 g/mol. The van der Waals surface area contributed by atoms with Gasteiger partial charge in [0.25, 0.3) is 5.91 Å². The second-order valence-corrected chi connectivity index (χ2v) is 8.41. The van der Waals surface area contributed by atoms with E-state index in [-0.39, 0.29) is 22.4 Å². The molecule has 0 bridgehead atoms. The van der Waals surface area contributed by atoms with Crippen molar-refractivity contribution in [1.29, 1.82) is 0 Å². The third kappa shape index (κ3) is 5.39. The van der Waals surface area contributed by atoms with Crippen molar-refractivity contribution in [3.05, 3.63) is 113 Å². The number of pyridine rings is 2.